The van der Waals surface area contributed by atoms with Crippen molar-refractivity contribution in [2.45, 2.75) is 16.7 Å². The molecule has 0 saturated carbocycles. The van der Waals surface area contributed by atoms with Crippen molar-refractivity contribution in [1.29, 1.82) is 0 Å². The second-order valence-corrected chi connectivity index (χ2v) is 12.1. The van der Waals surface area contributed by atoms with Crippen molar-refractivity contribution in [2.75, 3.05) is 6.26 Å². The van der Waals surface area contributed by atoms with Crippen LogP contribution in [0.4, 0.5) is 0 Å². The SMILES string of the molecule is Cc1ccc(-c2ncc(Cl)cc2-c2ccc(S(C)(=O)=O)cc2)cn1.O=C1NS(=O)(=O)c2ccccc21. The third-order valence-electron chi connectivity index (χ3n) is 5.28. The maximum atomic E-state index is 11.6. The Bertz CT molecular complexity index is 1670. The van der Waals surface area contributed by atoms with Crippen LogP contribution < -0.4 is 4.72 Å². The molecule has 8 nitrogen and oxygen atoms in total. The van der Waals surface area contributed by atoms with E-state index >= 15 is 0 Å². The molecule has 36 heavy (non-hydrogen) atoms. The summed E-state index contributed by atoms with van der Waals surface area (Å²) in [5.41, 5.74) is 4.43. The van der Waals surface area contributed by atoms with Crippen molar-refractivity contribution in [3.63, 3.8) is 0 Å². The van der Waals surface area contributed by atoms with Crippen molar-refractivity contribution >= 4 is 37.4 Å². The molecule has 5 rings (SSSR count). The number of benzene rings is 2. The fourth-order valence-corrected chi connectivity index (χ4v) is 5.46. The van der Waals surface area contributed by atoms with Gasteiger partial charge in [-0.1, -0.05) is 35.9 Å². The van der Waals surface area contributed by atoms with E-state index in [1.165, 1.54) is 18.4 Å². The highest BCUT2D eigenvalue weighted by Gasteiger charge is 2.31. The molecule has 1 amide bonds. The van der Waals surface area contributed by atoms with Crippen molar-refractivity contribution in [2.24, 2.45) is 0 Å². The molecule has 1 aliphatic rings. The molecule has 1 aliphatic heterocycles. The molecule has 0 atom stereocenters. The lowest BCUT2D eigenvalue weighted by atomic mass is 10.0. The van der Waals surface area contributed by atoms with E-state index in [0.717, 1.165) is 28.1 Å². The second-order valence-electron chi connectivity index (χ2n) is 7.97. The van der Waals surface area contributed by atoms with Crippen LogP contribution in [0.1, 0.15) is 16.1 Å². The van der Waals surface area contributed by atoms with E-state index in [9.17, 15) is 21.6 Å². The minimum absolute atomic E-state index is 0.0648. The number of carbonyl (C=O) groups excluding carboxylic acids is 1. The van der Waals surface area contributed by atoms with Gasteiger partial charge in [0.25, 0.3) is 15.9 Å². The summed E-state index contributed by atoms with van der Waals surface area (Å²) in [6, 6.07) is 18.5. The van der Waals surface area contributed by atoms with E-state index in [-0.39, 0.29) is 15.4 Å². The molecule has 0 bridgehead atoms. The molecule has 4 aromatic rings. The monoisotopic (exact) mass is 541 g/mol. The molecular weight excluding hydrogens is 522 g/mol. The number of aromatic nitrogens is 2. The smallest absolute Gasteiger partial charge is 0.266 e. The lowest BCUT2D eigenvalue weighted by molar-refractivity contribution is 0.0985. The number of rotatable bonds is 3. The van der Waals surface area contributed by atoms with Crippen LogP contribution in [0.3, 0.4) is 0 Å². The Labute approximate surface area is 214 Å². The van der Waals surface area contributed by atoms with Gasteiger partial charge in [-0.2, -0.15) is 0 Å². The molecule has 0 aliphatic carbocycles. The number of aryl methyl sites for hydroxylation is 1. The molecule has 1 N–H and O–H groups in total. The summed E-state index contributed by atoms with van der Waals surface area (Å²) < 4.78 is 47.4. The number of sulfonamides is 1. The van der Waals surface area contributed by atoms with Crippen molar-refractivity contribution in [1.82, 2.24) is 14.7 Å². The van der Waals surface area contributed by atoms with Gasteiger partial charge in [0, 0.05) is 35.5 Å². The molecule has 11 heteroatoms. The van der Waals surface area contributed by atoms with E-state index in [1.807, 2.05) is 29.8 Å². The molecule has 2 aromatic carbocycles. The second kappa shape index (κ2) is 9.81. The fraction of sp³-hybridized carbons (Fsp3) is 0.0800. The summed E-state index contributed by atoms with van der Waals surface area (Å²) in [6.45, 7) is 1.92. The first kappa shape index (κ1) is 25.5. The van der Waals surface area contributed by atoms with E-state index in [1.54, 1.807) is 48.8 Å². The number of pyridine rings is 2. The number of hydrogen-bond donors (Lipinski definition) is 1. The van der Waals surface area contributed by atoms with Gasteiger partial charge < -0.3 is 0 Å². The predicted octanol–water partition coefficient (Wildman–Crippen LogP) is 4.29. The summed E-state index contributed by atoms with van der Waals surface area (Å²) >= 11 is 6.11. The van der Waals surface area contributed by atoms with Gasteiger partial charge in [-0.25, -0.2) is 21.6 Å². The van der Waals surface area contributed by atoms with E-state index in [0.29, 0.717) is 5.02 Å². The van der Waals surface area contributed by atoms with Gasteiger partial charge in [-0.3, -0.25) is 14.8 Å². The summed E-state index contributed by atoms with van der Waals surface area (Å²) in [7, 11) is -6.78. The number of amides is 1. The average molecular weight is 542 g/mol. The molecule has 2 aromatic heterocycles. The van der Waals surface area contributed by atoms with Gasteiger partial charge in [0.15, 0.2) is 9.84 Å². The van der Waals surface area contributed by atoms with Gasteiger partial charge >= 0.3 is 0 Å². The van der Waals surface area contributed by atoms with Crippen LogP contribution in [0, 0.1) is 6.92 Å². The zero-order chi connectivity index (χ0) is 26.1. The molecule has 0 spiro atoms. The number of halogens is 1. The summed E-state index contributed by atoms with van der Waals surface area (Å²) in [6.07, 6.45) is 4.54. The van der Waals surface area contributed by atoms with E-state index in [2.05, 4.69) is 9.97 Å². The molecule has 3 heterocycles. The third-order valence-corrected chi connectivity index (χ3v) is 8.01. The number of sulfone groups is 1. The quantitative estimate of drug-likeness (QED) is 0.410. The van der Waals surface area contributed by atoms with Crippen LogP contribution in [0.5, 0.6) is 0 Å². The molecule has 0 saturated heterocycles. The zero-order valence-corrected chi connectivity index (χ0v) is 21.5. The summed E-state index contributed by atoms with van der Waals surface area (Å²) in [5.74, 6) is -0.550. The minimum atomic E-state index is -3.55. The summed E-state index contributed by atoms with van der Waals surface area (Å²) in [5, 5.41) is 0.515. The maximum absolute atomic E-state index is 11.6. The summed E-state index contributed by atoms with van der Waals surface area (Å²) in [4.78, 5) is 20.1. The normalized spacial score (nSPS) is 13.8. The van der Waals surface area contributed by atoms with Gasteiger partial charge in [0.05, 0.1) is 21.2 Å². The molecular formula is C25H20ClN3O5S2. The van der Waals surface area contributed by atoms with Crippen LogP contribution in [0.25, 0.3) is 22.4 Å². The topological polar surface area (TPSA) is 123 Å². The molecule has 0 radical (unpaired) electrons. The van der Waals surface area contributed by atoms with Crippen LogP contribution in [0.15, 0.2) is 88.9 Å². The number of fused-ring (bicyclic) bond motifs is 1. The first-order valence-electron chi connectivity index (χ1n) is 10.5. The van der Waals surface area contributed by atoms with Crippen molar-refractivity contribution in [3.05, 3.63) is 95.4 Å². The standard InChI is InChI=1S/C18H15ClN2O2S.C7H5NO3S/c1-12-3-4-14(10-20-12)18-17(9-15(19)11-21-18)13-5-7-16(8-6-13)24(2,22)23;9-7-5-3-1-2-4-6(5)12(10,11)8-7/h3-11H,1-2H3;1-4H,(H,8,9). The lowest BCUT2D eigenvalue weighted by Crippen LogP contribution is -2.20. The van der Waals surface area contributed by atoms with Crippen LogP contribution in [-0.4, -0.2) is 39.0 Å². The predicted molar refractivity (Wildman–Crippen MR) is 137 cm³/mol. The highest BCUT2D eigenvalue weighted by Crippen LogP contribution is 2.32. The Balaban J connectivity index is 0.000000211. The molecule has 0 fully saturated rings. The third kappa shape index (κ3) is 5.46. The van der Waals surface area contributed by atoms with Gasteiger partial charge in [0.1, 0.15) is 4.90 Å². The largest absolute Gasteiger partial charge is 0.268 e. The fourth-order valence-electron chi connectivity index (χ4n) is 3.50. The van der Waals surface area contributed by atoms with Gasteiger partial charge in [-0.05, 0) is 55.0 Å². The average Bonchev–Trinajstić information content (AvgIpc) is 3.08. The highest BCUT2D eigenvalue weighted by molar-refractivity contribution is 7.91. The van der Waals surface area contributed by atoms with Gasteiger partial charge in [0.2, 0.25) is 0 Å². The van der Waals surface area contributed by atoms with Crippen LogP contribution in [-0.2, 0) is 19.9 Å². The molecule has 184 valence electrons. The highest BCUT2D eigenvalue weighted by atomic mass is 35.5. The number of hydrogen-bond acceptors (Lipinski definition) is 7. The number of nitrogens with one attached hydrogen (secondary N) is 1. The minimum Gasteiger partial charge on any atom is -0.268 e. The van der Waals surface area contributed by atoms with Crippen molar-refractivity contribution in [3.8, 4) is 22.4 Å². The maximum Gasteiger partial charge on any atom is 0.266 e. The zero-order valence-electron chi connectivity index (χ0n) is 19.1. The first-order valence-corrected chi connectivity index (χ1v) is 14.3. The van der Waals surface area contributed by atoms with Gasteiger partial charge in [-0.15, -0.1) is 0 Å². The Kier molecular flexibility index (Phi) is 6.94. The number of carbonyl (C=O) groups is 1. The molecule has 0 unspecified atom stereocenters. The lowest BCUT2D eigenvalue weighted by Gasteiger charge is -2.10. The first-order chi connectivity index (χ1) is 17.0. The van der Waals surface area contributed by atoms with E-state index in [4.69, 9.17) is 11.6 Å². The Morgan fingerprint density at radius 2 is 1.53 bits per heavy atom. The Morgan fingerprint density at radius 1 is 0.861 bits per heavy atom. The van der Waals surface area contributed by atoms with Crippen molar-refractivity contribution < 1.29 is 21.6 Å². The Hall–Kier alpha value is -3.60. The van der Waals surface area contributed by atoms with Crippen LogP contribution in [0.2, 0.25) is 5.02 Å². The number of nitrogens with zero attached hydrogens (tertiary/aromatic N) is 2. The van der Waals surface area contributed by atoms with E-state index < -0.39 is 25.8 Å². The van der Waals surface area contributed by atoms with Crippen LogP contribution >= 0.6 is 11.6 Å². The Morgan fingerprint density at radius 3 is 2.14 bits per heavy atom.